The lowest BCUT2D eigenvalue weighted by Gasteiger charge is -2.05. The summed E-state index contributed by atoms with van der Waals surface area (Å²) in [7, 11) is 0. The van der Waals surface area contributed by atoms with E-state index in [9.17, 15) is 9.59 Å². The minimum absolute atomic E-state index is 0.174. The molecule has 7 heteroatoms. The Bertz CT molecular complexity index is 563. The number of furan rings is 1. The Morgan fingerprint density at radius 2 is 2.05 bits per heavy atom. The fourth-order valence-corrected chi connectivity index (χ4v) is 2.17. The molecule has 0 aliphatic rings. The molecule has 100 valence electrons. The predicted octanol–water partition coefficient (Wildman–Crippen LogP) is 1.20. The molecule has 0 saturated heterocycles. The van der Waals surface area contributed by atoms with Crippen LogP contribution < -0.4 is 10.6 Å². The molecular formula is C12H13N3O3S. The van der Waals surface area contributed by atoms with E-state index in [1.807, 2.05) is 0 Å². The summed E-state index contributed by atoms with van der Waals surface area (Å²) in [4.78, 5) is 27.8. The predicted molar refractivity (Wildman–Crippen MR) is 70.2 cm³/mol. The molecule has 6 nitrogen and oxygen atoms in total. The molecule has 0 bridgehead atoms. The fraction of sp³-hybridized carbons (Fsp3) is 0.250. The molecule has 0 aliphatic carbocycles. The van der Waals surface area contributed by atoms with Crippen molar-refractivity contribution in [3.05, 3.63) is 40.2 Å². The van der Waals surface area contributed by atoms with Crippen LogP contribution in [-0.4, -0.2) is 29.9 Å². The first kappa shape index (κ1) is 13.3. The summed E-state index contributed by atoms with van der Waals surface area (Å²) in [5, 5.41) is 5.35. The number of carbonyl (C=O) groups is 2. The van der Waals surface area contributed by atoms with Crippen LogP contribution in [-0.2, 0) is 0 Å². The molecule has 0 aliphatic heterocycles. The fourth-order valence-electron chi connectivity index (χ4n) is 1.45. The van der Waals surface area contributed by atoms with E-state index in [0.717, 1.165) is 0 Å². The lowest BCUT2D eigenvalue weighted by Crippen LogP contribution is -2.34. The van der Waals surface area contributed by atoms with Crippen LogP contribution in [0.5, 0.6) is 0 Å². The third-order valence-corrected chi connectivity index (χ3v) is 3.32. The number of nitrogens with zero attached hydrogens (tertiary/aromatic N) is 1. The standard InChI is InChI=1S/C12H13N3O3S/c1-8-10(19-7-15-8)12(17)14-5-4-13-11(16)9-3-2-6-18-9/h2-3,6-7H,4-5H2,1H3,(H,13,16)(H,14,17). The van der Waals surface area contributed by atoms with Crippen LogP contribution in [0.1, 0.15) is 25.9 Å². The third-order valence-electron chi connectivity index (χ3n) is 2.39. The number of nitrogens with one attached hydrogen (secondary N) is 2. The van der Waals surface area contributed by atoms with E-state index in [0.29, 0.717) is 23.7 Å². The molecule has 19 heavy (non-hydrogen) atoms. The highest BCUT2D eigenvalue weighted by atomic mass is 32.1. The SMILES string of the molecule is Cc1ncsc1C(=O)NCCNC(=O)c1ccco1. The summed E-state index contributed by atoms with van der Waals surface area (Å²) in [5.74, 6) is -0.218. The Labute approximate surface area is 113 Å². The lowest BCUT2D eigenvalue weighted by atomic mass is 10.3. The maximum atomic E-state index is 11.7. The average Bonchev–Trinajstić information content (AvgIpc) is 3.04. The highest BCUT2D eigenvalue weighted by Crippen LogP contribution is 2.11. The van der Waals surface area contributed by atoms with E-state index in [1.165, 1.54) is 17.6 Å². The number of carbonyl (C=O) groups excluding carboxylic acids is 2. The van der Waals surface area contributed by atoms with Crippen LogP contribution in [0, 0.1) is 6.92 Å². The summed E-state index contributed by atoms with van der Waals surface area (Å²) < 4.78 is 4.94. The van der Waals surface area contributed by atoms with Crippen molar-refractivity contribution in [3.8, 4) is 0 Å². The molecule has 2 amide bonds. The second kappa shape index (κ2) is 6.14. The average molecular weight is 279 g/mol. The molecule has 0 spiro atoms. The minimum atomic E-state index is -0.298. The van der Waals surface area contributed by atoms with E-state index in [4.69, 9.17) is 4.42 Å². The van der Waals surface area contributed by atoms with Gasteiger partial charge in [0.05, 0.1) is 17.5 Å². The Balaban J connectivity index is 1.71. The van der Waals surface area contributed by atoms with Gasteiger partial charge in [-0.05, 0) is 19.1 Å². The molecule has 2 N–H and O–H groups in total. The van der Waals surface area contributed by atoms with Crippen molar-refractivity contribution in [1.29, 1.82) is 0 Å². The second-order valence-corrected chi connectivity index (χ2v) is 4.61. The summed E-state index contributed by atoms with van der Waals surface area (Å²) in [5.41, 5.74) is 2.34. The van der Waals surface area contributed by atoms with Crippen LogP contribution in [0.15, 0.2) is 28.3 Å². The number of hydrogen-bond donors (Lipinski definition) is 2. The first-order valence-electron chi connectivity index (χ1n) is 5.68. The molecule has 2 rings (SSSR count). The molecule has 0 saturated carbocycles. The molecule has 2 heterocycles. The number of hydrogen-bond acceptors (Lipinski definition) is 5. The monoisotopic (exact) mass is 279 g/mol. The molecule has 0 aromatic carbocycles. The van der Waals surface area contributed by atoms with Gasteiger partial charge in [-0.25, -0.2) is 4.98 Å². The third kappa shape index (κ3) is 3.41. The molecule has 0 fully saturated rings. The van der Waals surface area contributed by atoms with Gasteiger partial charge in [0.15, 0.2) is 5.76 Å². The van der Waals surface area contributed by atoms with E-state index in [1.54, 1.807) is 24.6 Å². The lowest BCUT2D eigenvalue weighted by molar-refractivity contribution is 0.0911. The Hall–Kier alpha value is -2.15. The minimum Gasteiger partial charge on any atom is -0.459 e. The zero-order valence-corrected chi connectivity index (χ0v) is 11.1. The van der Waals surface area contributed by atoms with Gasteiger partial charge in [-0.2, -0.15) is 0 Å². The smallest absolute Gasteiger partial charge is 0.287 e. The first-order valence-corrected chi connectivity index (χ1v) is 6.56. The van der Waals surface area contributed by atoms with Gasteiger partial charge in [-0.1, -0.05) is 0 Å². The highest BCUT2D eigenvalue weighted by Gasteiger charge is 2.11. The van der Waals surface area contributed by atoms with E-state index in [2.05, 4.69) is 15.6 Å². The van der Waals surface area contributed by atoms with Gasteiger partial charge in [0.2, 0.25) is 0 Å². The largest absolute Gasteiger partial charge is 0.459 e. The first-order chi connectivity index (χ1) is 9.18. The van der Waals surface area contributed by atoms with Gasteiger partial charge < -0.3 is 15.1 Å². The Kier molecular flexibility index (Phi) is 4.30. The number of rotatable bonds is 5. The van der Waals surface area contributed by atoms with Gasteiger partial charge in [-0.15, -0.1) is 11.3 Å². The number of aryl methyl sites for hydroxylation is 1. The van der Waals surface area contributed by atoms with Crippen LogP contribution in [0.2, 0.25) is 0 Å². The van der Waals surface area contributed by atoms with Crippen LogP contribution in [0.25, 0.3) is 0 Å². The van der Waals surface area contributed by atoms with Gasteiger partial charge in [0.1, 0.15) is 4.88 Å². The van der Waals surface area contributed by atoms with E-state index < -0.39 is 0 Å². The summed E-state index contributed by atoms with van der Waals surface area (Å²) >= 11 is 1.29. The maximum absolute atomic E-state index is 11.7. The Morgan fingerprint density at radius 3 is 2.63 bits per heavy atom. The van der Waals surface area contributed by atoms with Gasteiger partial charge in [0.25, 0.3) is 11.8 Å². The molecule has 0 radical (unpaired) electrons. The molecule has 2 aromatic rings. The number of thiazole rings is 1. The summed E-state index contributed by atoms with van der Waals surface area (Å²) in [6.45, 7) is 2.47. The van der Waals surface area contributed by atoms with Gasteiger partial charge in [-0.3, -0.25) is 9.59 Å². The summed E-state index contributed by atoms with van der Waals surface area (Å²) in [6, 6.07) is 3.22. The highest BCUT2D eigenvalue weighted by molar-refractivity contribution is 7.11. The normalized spacial score (nSPS) is 10.2. The van der Waals surface area contributed by atoms with E-state index in [-0.39, 0.29) is 17.6 Å². The second-order valence-electron chi connectivity index (χ2n) is 3.76. The number of aromatic nitrogens is 1. The van der Waals surface area contributed by atoms with Crippen molar-refractivity contribution < 1.29 is 14.0 Å². The van der Waals surface area contributed by atoms with Gasteiger partial charge >= 0.3 is 0 Å². The topological polar surface area (TPSA) is 84.2 Å². The Morgan fingerprint density at radius 1 is 1.32 bits per heavy atom. The quantitative estimate of drug-likeness (QED) is 0.806. The van der Waals surface area contributed by atoms with Crippen molar-refractivity contribution in [2.75, 3.05) is 13.1 Å². The van der Waals surface area contributed by atoms with Crippen molar-refractivity contribution >= 4 is 23.2 Å². The van der Waals surface area contributed by atoms with Crippen LogP contribution >= 0.6 is 11.3 Å². The molecular weight excluding hydrogens is 266 g/mol. The van der Waals surface area contributed by atoms with Crippen molar-refractivity contribution in [2.24, 2.45) is 0 Å². The van der Waals surface area contributed by atoms with Crippen LogP contribution in [0.4, 0.5) is 0 Å². The summed E-state index contributed by atoms with van der Waals surface area (Å²) in [6.07, 6.45) is 1.43. The zero-order chi connectivity index (χ0) is 13.7. The molecule has 2 aromatic heterocycles. The zero-order valence-electron chi connectivity index (χ0n) is 10.3. The van der Waals surface area contributed by atoms with Crippen molar-refractivity contribution in [3.63, 3.8) is 0 Å². The molecule has 0 unspecified atom stereocenters. The van der Waals surface area contributed by atoms with E-state index >= 15 is 0 Å². The molecule has 0 atom stereocenters. The van der Waals surface area contributed by atoms with Crippen molar-refractivity contribution in [1.82, 2.24) is 15.6 Å². The van der Waals surface area contributed by atoms with Crippen molar-refractivity contribution in [2.45, 2.75) is 6.92 Å². The number of amides is 2. The van der Waals surface area contributed by atoms with Crippen LogP contribution in [0.3, 0.4) is 0 Å². The maximum Gasteiger partial charge on any atom is 0.287 e. The van der Waals surface area contributed by atoms with Gasteiger partial charge in [0, 0.05) is 13.1 Å².